The third-order valence-electron chi connectivity index (χ3n) is 5.62. The van der Waals surface area contributed by atoms with E-state index in [0.29, 0.717) is 18.9 Å². The fourth-order valence-electron chi connectivity index (χ4n) is 3.61. The van der Waals surface area contributed by atoms with Gasteiger partial charge in [0.05, 0.1) is 0 Å². The van der Waals surface area contributed by atoms with E-state index in [1.807, 2.05) is 18.7 Å². The zero-order valence-electron chi connectivity index (χ0n) is 14.0. The van der Waals surface area contributed by atoms with Crippen LogP contribution >= 0.6 is 0 Å². The molecule has 1 spiro atoms. The van der Waals surface area contributed by atoms with Crippen LogP contribution in [0.25, 0.3) is 0 Å². The number of nitrogens with one attached hydrogen (secondary N) is 1. The van der Waals surface area contributed by atoms with Gasteiger partial charge in [-0.2, -0.15) is 0 Å². The summed E-state index contributed by atoms with van der Waals surface area (Å²) in [5.41, 5.74) is -1.30. The Balaban J connectivity index is 2.37. The van der Waals surface area contributed by atoms with Crippen molar-refractivity contribution in [2.24, 2.45) is 5.92 Å². The van der Waals surface area contributed by atoms with E-state index < -0.39 is 11.1 Å². The maximum atomic E-state index is 13.1. The topological polar surface area (TPSA) is 49.4 Å². The summed E-state index contributed by atoms with van der Waals surface area (Å²) in [4.78, 5) is 27.9. The molecule has 1 heterocycles. The Morgan fingerprint density at radius 3 is 2.33 bits per heavy atom. The molecule has 2 atom stereocenters. The third kappa shape index (κ3) is 2.69. The number of amides is 2. The van der Waals surface area contributed by atoms with E-state index >= 15 is 0 Å². The fourth-order valence-corrected chi connectivity index (χ4v) is 3.61. The SMILES string of the molecule is CCC(C)CN1C(=O)C(C)(CC)NC(=O)C12CCCCC2. The van der Waals surface area contributed by atoms with Gasteiger partial charge >= 0.3 is 0 Å². The minimum absolute atomic E-state index is 0.0782. The van der Waals surface area contributed by atoms with Crippen LogP contribution < -0.4 is 5.32 Å². The highest BCUT2D eigenvalue weighted by Crippen LogP contribution is 2.39. The molecule has 21 heavy (non-hydrogen) atoms. The predicted molar refractivity (Wildman–Crippen MR) is 83.8 cm³/mol. The zero-order chi connectivity index (χ0) is 15.7. The summed E-state index contributed by atoms with van der Waals surface area (Å²) in [5, 5.41) is 3.04. The largest absolute Gasteiger partial charge is 0.340 e. The molecule has 0 bridgehead atoms. The molecule has 1 saturated heterocycles. The Morgan fingerprint density at radius 1 is 1.19 bits per heavy atom. The van der Waals surface area contributed by atoms with Crippen molar-refractivity contribution in [1.29, 1.82) is 0 Å². The Morgan fingerprint density at radius 2 is 1.81 bits per heavy atom. The summed E-state index contributed by atoms with van der Waals surface area (Å²) < 4.78 is 0. The predicted octanol–water partition coefficient (Wildman–Crippen LogP) is 2.86. The lowest BCUT2D eigenvalue weighted by Crippen LogP contribution is -2.75. The van der Waals surface area contributed by atoms with E-state index in [1.165, 1.54) is 6.42 Å². The molecule has 2 rings (SSSR count). The van der Waals surface area contributed by atoms with E-state index in [4.69, 9.17) is 0 Å². The minimum atomic E-state index is -0.729. The maximum Gasteiger partial charge on any atom is 0.248 e. The summed E-state index contributed by atoms with van der Waals surface area (Å²) in [5.74, 6) is 0.626. The fraction of sp³-hybridized carbons (Fsp3) is 0.882. The van der Waals surface area contributed by atoms with Gasteiger partial charge in [-0.1, -0.05) is 46.5 Å². The van der Waals surface area contributed by atoms with Crippen LogP contribution in [0.2, 0.25) is 0 Å². The molecular formula is C17H30N2O2. The van der Waals surface area contributed by atoms with Gasteiger partial charge in [0, 0.05) is 6.54 Å². The van der Waals surface area contributed by atoms with Crippen LogP contribution in [0.5, 0.6) is 0 Å². The molecule has 0 radical (unpaired) electrons. The number of hydrogen-bond acceptors (Lipinski definition) is 2. The van der Waals surface area contributed by atoms with Gasteiger partial charge < -0.3 is 10.2 Å². The van der Waals surface area contributed by atoms with E-state index in [2.05, 4.69) is 19.2 Å². The van der Waals surface area contributed by atoms with Crippen LogP contribution in [0.1, 0.15) is 72.6 Å². The number of nitrogens with zero attached hydrogens (tertiary/aromatic N) is 1. The van der Waals surface area contributed by atoms with Crippen molar-refractivity contribution >= 4 is 11.8 Å². The van der Waals surface area contributed by atoms with E-state index in [1.54, 1.807) is 0 Å². The standard InChI is InChI=1S/C17H30N2O2/c1-5-13(3)12-19-15(21)16(4,6-2)18-14(20)17(19)10-8-7-9-11-17/h13H,5-12H2,1-4H3,(H,18,20). The number of carbonyl (C=O) groups is 2. The van der Waals surface area contributed by atoms with Gasteiger partial charge in [-0.05, 0) is 32.1 Å². The molecular weight excluding hydrogens is 264 g/mol. The Kier molecular flexibility index (Phi) is 4.64. The summed E-state index contributed by atoms with van der Waals surface area (Å²) in [6.45, 7) is 8.86. The summed E-state index contributed by atoms with van der Waals surface area (Å²) >= 11 is 0. The van der Waals surface area contributed by atoms with Gasteiger partial charge in [0.15, 0.2) is 0 Å². The van der Waals surface area contributed by atoms with Gasteiger partial charge in [0.25, 0.3) is 0 Å². The lowest BCUT2D eigenvalue weighted by Gasteiger charge is -2.53. The van der Waals surface area contributed by atoms with Crippen LogP contribution in [-0.2, 0) is 9.59 Å². The van der Waals surface area contributed by atoms with Crippen molar-refractivity contribution in [3.63, 3.8) is 0 Å². The molecule has 4 nitrogen and oxygen atoms in total. The molecule has 1 aliphatic carbocycles. The maximum absolute atomic E-state index is 13.1. The summed E-state index contributed by atoms with van der Waals surface area (Å²) in [6.07, 6.45) is 6.57. The van der Waals surface area contributed by atoms with E-state index in [-0.39, 0.29) is 11.8 Å². The molecule has 0 aromatic carbocycles. The van der Waals surface area contributed by atoms with Crippen LogP contribution in [0.15, 0.2) is 0 Å². The Bertz CT molecular complexity index is 415. The minimum Gasteiger partial charge on any atom is -0.340 e. The molecule has 2 fully saturated rings. The molecule has 4 heteroatoms. The van der Waals surface area contributed by atoms with E-state index in [9.17, 15) is 9.59 Å². The van der Waals surface area contributed by atoms with Gasteiger partial charge in [0.2, 0.25) is 11.8 Å². The van der Waals surface area contributed by atoms with Gasteiger partial charge in [-0.25, -0.2) is 0 Å². The van der Waals surface area contributed by atoms with Crippen molar-refractivity contribution < 1.29 is 9.59 Å². The first-order chi connectivity index (χ1) is 9.89. The Labute approximate surface area is 128 Å². The molecule has 1 aliphatic heterocycles. The number of piperazine rings is 1. The summed E-state index contributed by atoms with van der Waals surface area (Å²) in [6, 6.07) is 0. The average molecular weight is 294 g/mol. The van der Waals surface area contributed by atoms with E-state index in [0.717, 1.165) is 32.1 Å². The van der Waals surface area contributed by atoms with Gasteiger partial charge in [0.1, 0.15) is 11.1 Å². The second-order valence-electron chi connectivity index (χ2n) is 7.16. The molecule has 2 amide bonds. The van der Waals surface area contributed by atoms with Crippen molar-refractivity contribution in [2.45, 2.75) is 83.7 Å². The van der Waals surface area contributed by atoms with Crippen LogP contribution in [0, 0.1) is 5.92 Å². The quantitative estimate of drug-likeness (QED) is 0.866. The normalized spacial score (nSPS) is 30.4. The number of carbonyl (C=O) groups excluding carboxylic acids is 2. The molecule has 2 unspecified atom stereocenters. The lowest BCUT2D eigenvalue weighted by molar-refractivity contribution is -0.166. The Hall–Kier alpha value is -1.06. The van der Waals surface area contributed by atoms with Crippen LogP contribution in [0.4, 0.5) is 0 Å². The molecule has 0 aromatic heterocycles. The highest BCUT2D eigenvalue weighted by Gasteiger charge is 2.56. The highest BCUT2D eigenvalue weighted by atomic mass is 16.2. The van der Waals surface area contributed by atoms with Gasteiger partial charge in [-0.3, -0.25) is 9.59 Å². The number of rotatable bonds is 4. The number of hydrogen-bond donors (Lipinski definition) is 1. The lowest BCUT2D eigenvalue weighted by atomic mass is 9.74. The first kappa shape index (κ1) is 16.3. The highest BCUT2D eigenvalue weighted by molar-refractivity contribution is 6.02. The first-order valence-electron chi connectivity index (χ1n) is 8.54. The van der Waals surface area contributed by atoms with Crippen molar-refractivity contribution in [1.82, 2.24) is 10.2 Å². The summed E-state index contributed by atoms with van der Waals surface area (Å²) in [7, 11) is 0. The van der Waals surface area contributed by atoms with Crippen LogP contribution in [0.3, 0.4) is 0 Å². The average Bonchev–Trinajstić information content (AvgIpc) is 2.50. The second-order valence-corrected chi connectivity index (χ2v) is 7.16. The molecule has 1 saturated carbocycles. The van der Waals surface area contributed by atoms with Crippen molar-refractivity contribution in [3.05, 3.63) is 0 Å². The van der Waals surface area contributed by atoms with Crippen molar-refractivity contribution in [3.8, 4) is 0 Å². The second kappa shape index (κ2) is 5.98. The van der Waals surface area contributed by atoms with Crippen LogP contribution in [-0.4, -0.2) is 34.3 Å². The molecule has 2 aliphatic rings. The monoisotopic (exact) mass is 294 g/mol. The molecule has 0 aromatic rings. The first-order valence-corrected chi connectivity index (χ1v) is 8.54. The van der Waals surface area contributed by atoms with Crippen molar-refractivity contribution in [2.75, 3.05) is 6.54 Å². The smallest absolute Gasteiger partial charge is 0.248 e. The van der Waals surface area contributed by atoms with Gasteiger partial charge in [-0.15, -0.1) is 0 Å². The molecule has 1 N–H and O–H groups in total. The molecule has 120 valence electrons. The zero-order valence-corrected chi connectivity index (χ0v) is 14.0. The third-order valence-corrected chi connectivity index (χ3v) is 5.62.